The van der Waals surface area contributed by atoms with E-state index in [1.807, 2.05) is 6.92 Å². The Labute approximate surface area is 96.3 Å². The molecule has 0 bridgehead atoms. The maximum atomic E-state index is 11.5. The van der Waals surface area contributed by atoms with Gasteiger partial charge in [0.05, 0.1) is 12.7 Å². The number of rotatable bonds is 4. The second-order valence-electron chi connectivity index (χ2n) is 3.21. The molecule has 90 valence electrons. The molecule has 1 aliphatic heterocycles. The van der Waals surface area contributed by atoms with Crippen molar-refractivity contribution in [2.75, 3.05) is 39.5 Å². The van der Waals surface area contributed by atoms with Crippen LogP contribution in [-0.4, -0.2) is 56.4 Å². The summed E-state index contributed by atoms with van der Waals surface area (Å²) in [5.74, 6) is 0.0219. The van der Waals surface area contributed by atoms with Gasteiger partial charge in [0.2, 0.25) is 5.91 Å². The monoisotopic (exact) mass is 238 g/mol. The van der Waals surface area contributed by atoms with E-state index < -0.39 is 0 Å². The molecular weight excluding hydrogens is 220 g/mol. The zero-order chi connectivity index (χ0) is 10.4. The van der Waals surface area contributed by atoms with Crippen molar-refractivity contribution in [1.29, 1.82) is 0 Å². The standard InChI is InChI=1S/C9H18N2O3.ClH/c1-2-13-7-9(12)11-3-4-14-8(5-10)6-11;/h8H,2-7,10H2,1H3;1H. The van der Waals surface area contributed by atoms with Crippen molar-refractivity contribution in [2.24, 2.45) is 5.73 Å². The molecule has 0 aromatic carbocycles. The Hall–Kier alpha value is -0.360. The van der Waals surface area contributed by atoms with Crippen LogP contribution in [0.25, 0.3) is 0 Å². The molecule has 0 aliphatic carbocycles. The molecule has 0 aromatic heterocycles. The largest absolute Gasteiger partial charge is 0.373 e. The van der Waals surface area contributed by atoms with Crippen LogP contribution >= 0.6 is 12.4 Å². The fraction of sp³-hybridized carbons (Fsp3) is 0.889. The molecule has 1 fully saturated rings. The van der Waals surface area contributed by atoms with Crippen LogP contribution < -0.4 is 5.73 Å². The maximum Gasteiger partial charge on any atom is 0.248 e. The van der Waals surface area contributed by atoms with Gasteiger partial charge in [-0.3, -0.25) is 4.79 Å². The highest BCUT2D eigenvalue weighted by molar-refractivity contribution is 5.85. The number of hydrogen-bond acceptors (Lipinski definition) is 4. The van der Waals surface area contributed by atoms with E-state index in [-0.39, 0.29) is 31.0 Å². The van der Waals surface area contributed by atoms with E-state index in [1.54, 1.807) is 4.90 Å². The van der Waals surface area contributed by atoms with E-state index in [2.05, 4.69) is 0 Å². The average Bonchev–Trinajstić information content (AvgIpc) is 2.26. The Kier molecular flexibility index (Phi) is 7.68. The summed E-state index contributed by atoms with van der Waals surface area (Å²) in [6, 6.07) is 0. The third kappa shape index (κ3) is 4.79. The van der Waals surface area contributed by atoms with E-state index in [4.69, 9.17) is 15.2 Å². The van der Waals surface area contributed by atoms with Gasteiger partial charge in [-0.1, -0.05) is 0 Å². The van der Waals surface area contributed by atoms with Gasteiger partial charge in [-0.15, -0.1) is 12.4 Å². The number of carbonyl (C=O) groups excluding carboxylic acids is 1. The van der Waals surface area contributed by atoms with Crippen molar-refractivity contribution in [3.05, 3.63) is 0 Å². The zero-order valence-corrected chi connectivity index (χ0v) is 9.79. The Balaban J connectivity index is 0.00000196. The SMILES string of the molecule is CCOCC(=O)N1CCOC(CN)C1.Cl. The zero-order valence-electron chi connectivity index (χ0n) is 8.98. The molecule has 0 saturated carbocycles. The summed E-state index contributed by atoms with van der Waals surface area (Å²) >= 11 is 0. The summed E-state index contributed by atoms with van der Waals surface area (Å²) in [5, 5.41) is 0. The Morgan fingerprint density at radius 3 is 3.00 bits per heavy atom. The van der Waals surface area contributed by atoms with Crippen LogP contribution in [0.5, 0.6) is 0 Å². The van der Waals surface area contributed by atoms with Crippen LogP contribution in [-0.2, 0) is 14.3 Å². The van der Waals surface area contributed by atoms with Gasteiger partial charge in [-0.05, 0) is 6.92 Å². The van der Waals surface area contributed by atoms with E-state index in [9.17, 15) is 4.79 Å². The summed E-state index contributed by atoms with van der Waals surface area (Å²) < 4.78 is 10.4. The van der Waals surface area contributed by atoms with E-state index in [0.29, 0.717) is 32.8 Å². The molecule has 15 heavy (non-hydrogen) atoms. The van der Waals surface area contributed by atoms with Gasteiger partial charge in [-0.2, -0.15) is 0 Å². The lowest BCUT2D eigenvalue weighted by atomic mass is 10.2. The molecule has 1 rings (SSSR count). The predicted octanol–water partition coefficient (Wildman–Crippen LogP) is -0.369. The smallest absolute Gasteiger partial charge is 0.248 e. The van der Waals surface area contributed by atoms with Crippen LogP contribution in [0.1, 0.15) is 6.92 Å². The Bertz CT molecular complexity index is 192. The van der Waals surface area contributed by atoms with Crippen LogP contribution in [0.15, 0.2) is 0 Å². The van der Waals surface area contributed by atoms with E-state index in [1.165, 1.54) is 0 Å². The predicted molar refractivity (Wildman–Crippen MR) is 59.1 cm³/mol. The molecule has 0 aromatic rings. The number of hydrogen-bond donors (Lipinski definition) is 1. The van der Waals surface area contributed by atoms with Gasteiger partial charge in [0.25, 0.3) is 0 Å². The highest BCUT2D eigenvalue weighted by atomic mass is 35.5. The minimum Gasteiger partial charge on any atom is -0.373 e. The first-order valence-electron chi connectivity index (χ1n) is 4.95. The minimum absolute atomic E-state index is 0. The fourth-order valence-corrected chi connectivity index (χ4v) is 1.37. The number of carbonyl (C=O) groups is 1. The van der Waals surface area contributed by atoms with Crippen LogP contribution in [0.4, 0.5) is 0 Å². The highest BCUT2D eigenvalue weighted by Crippen LogP contribution is 2.04. The molecular formula is C9H19ClN2O3. The molecule has 2 N–H and O–H groups in total. The first kappa shape index (κ1) is 14.6. The maximum absolute atomic E-state index is 11.5. The molecule has 0 radical (unpaired) electrons. The number of nitrogens with two attached hydrogens (primary N) is 1. The van der Waals surface area contributed by atoms with Crippen molar-refractivity contribution in [2.45, 2.75) is 13.0 Å². The highest BCUT2D eigenvalue weighted by Gasteiger charge is 2.22. The molecule has 6 heteroatoms. The number of morpholine rings is 1. The lowest BCUT2D eigenvalue weighted by Crippen LogP contribution is -2.49. The average molecular weight is 239 g/mol. The number of halogens is 1. The second-order valence-corrected chi connectivity index (χ2v) is 3.21. The molecule has 1 aliphatic rings. The topological polar surface area (TPSA) is 64.8 Å². The number of amides is 1. The van der Waals surface area contributed by atoms with Gasteiger partial charge in [-0.25, -0.2) is 0 Å². The van der Waals surface area contributed by atoms with Crippen LogP contribution in [0, 0.1) is 0 Å². The summed E-state index contributed by atoms with van der Waals surface area (Å²) in [6.07, 6.45) is -0.0191. The van der Waals surface area contributed by atoms with Crippen molar-refractivity contribution in [3.8, 4) is 0 Å². The fourth-order valence-electron chi connectivity index (χ4n) is 1.37. The second kappa shape index (κ2) is 7.87. The number of ether oxygens (including phenoxy) is 2. The van der Waals surface area contributed by atoms with Gasteiger partial charge >= 0.3 is 0 Å². The van der Waals surface area contributed by atoms with Crippen LogP contribution in [0.3, 0.4) is 0 Å². The van der Waals surface area contributed by atoms with E-state index >= 15 is 0 Å². The van der Waals surface area contributed by atoms with Gasteiger partial charge in [0, 0.05) is 26.2 Å². The Morgan fingerprint density at radius 1 is 1.67 bits per heavy atom. The third-order valence-corrected chi connectivity index (χ3v) is 2.18. The molecule has 0 spiro atoms. The van der Waals surface area contributed by atoms with Gasteiger partial charge in [0.15, 0.2) is 0 Å². The molecule has 5 nitrogen and oxygen atoms in total. The Morgan fingerprint density at radius 2 is 2.40 bits per heavy atom. The third-order valence-electron chi connectivity index (χ3n) is 2.18. The van der Waals surface area contributed by atoms with Crippen molar-refractivity contribution >= 4 is 18.3 Å². The molecule has 1 atom stereocenters. The van der Waals surface area contributed by atoms with Crippen molar-refractivity contribution in [1.82, 2.24) is 4.90 Å². The summed E-state index contributed by atoms with van der Waals surface area (Å²) in [4.78, 5) is 13.3. The normalized spacial score (nSPS) is 20.9. The molecule has 1 saturated heterocycles. The minimum atomic E-state index is -0.0191. The number of nitrogens with zero attached hydrogens (tertiary/aromatic N) is 1. The van der Waals surface area contributed by atoms with Crippen molar-refractivity contribution < 1.29 is 14.3 Å². The van der Waals surface area contributed by atoms with Gasteiger partial charge in [0.1, 0.15) is 6.61 Å². The van der Waals surface area contributed by atoms with Crippen molar-refractivity contribution in [3.63, 3.8) is 0 Å². The summed E-state index contributed by atoms with van der Waals surface area (Å²) in [6.45, 7) is 4.85. The summed E-state index contributed by atoms with van der Waals surface area (Å²) in [5.41, 5.74) is 5.47. The quantitative estimate of drug-likeness (QED) is 0.726. The first-order valence-corrected chi connectivity index (χ1v) is 4.95. The lowest BCUT2D eigenvalue weighted by molar-refractivity contribution is -0.143. The molecule has 1 unspecified atom stereocenters. The summed E-state index contributed by atoms with van der Waals surface area (Å²) in [7, 11) is 0. The molecule has 1 heterocycles. The van der Waals surface area contributed by atoms with Gasteiger partial charge < -0.3 is 20.1 Å². The van der Waals surface area contributed by atoms with Crippen LogP contribution in [0.2, 0.25) is 0 Å². The molecule has 1 amide bonds. The first-order chi connectivity index (χ1) is 6.77. The van der Waals surface area contributed by atoms with E-state index in [0.717, 1.165) is 0 Å². The lowest BCUT2D eigenvalue weighted by Gasteiger charge is -2.32.